The fourth-order valence-electron chi connectivity index (χ4n) is 4.06. The normalized spacial score (nSPS) is 32.5. The van der Waals surface area contributed by atoms with Crippen molar-refractivity contribution in [2.75, 3.05) is 5.01 Å². The monoisotopic (exact) mass is 289 g/mol. The second kappa shape index (κ2) is 4.71. The molecule has 1 saturated heterocycles. The van der Waals surface area contributed by atoms with Crippen LogP contribution in [-0.2, 0) is 0 Å². The number of benzene rings is 1. The summed E-state index contributed by atoms with van der Waals surface area (Å²) >= 11 is 5.54. The Bertz CT molecular complexity index is 514. The van der Waals surface area contributed by atoms with Gasteiger partial charge in [0.1, 0.15) is 5.66 Å². The molecule has 20 heavy (non-hydrogen) atoms. The SMILES string of the molecule is C[C@@H]1CC(C)(C)C[C@]2(C1)NC(=S)N(c1ccccc1)N2. The molecule has 108 valence electrons. The Labute approximate surface area is 126 Å². The van der Waals surface area contributed by atoms with Crippen LogP contribution in [-0.4, -0.2) is 10.8 Å². The van der Waals surface area contributed by atoms with Gasteiger partial charge in [-0.1, -0.05) is 39.0 Å². The first-order valence-corrected chi connectivity index (χ1v) is 7.75. The van der Waals surface area contributed by atoms with E-state index in [1.54, 1.807) is 0 Å². The van der Waals surface area contributed by atoms with Crippen LogP contribution in [0.5, 0.6) is 0 Å². The summed E-state index contributed by atoms with van der Waals surface area (Å²) in [5.41, 5.74) is 4.98. The van der Waals surface area contributed by atoms with Crippen molar-refractivity contribution in [1.82, 2.24) is 10.7 Å². The Morgan fingerprint density at radius 3 is 2.55 bits per heavy atom. The van der Waals surface area contributed by atoms with Gasteiger partial charge < -0.3 is 5.32 Å². The van der Waals surface area contributed by atoms with E-state index >= 15 is 0 Å². The van der Waals surface area contributed by atoms with Crippen LogP contribution in [0.1, 0.15) is 40.0 Å². The molecule has 4 heteroatoms. The smallest absolute Gasteiger partial charge is 0.189 e. The van der Waals surface area contributed by atoms with Gasteiger partial charge in [-0.2, -0.15) is 0 Å². The fraction of sp³-hybridized carbons (Fsp3) is 0.562. The molecule has 1 aromatic carbocycles. The minimum Gasteiger partial charge on any atom is -0.342 e. The van der Waals surface area contributed by atoms with Gasteiger partial charge in [0.25, 0.3) is 0 Å². The molecular formula is C16H23N3S. The standard InChI is InChI=1S/C16H23N3S/c1-12-9-15(2,3)11-16(10-12)17-14(20)19(18-16)13-7-5-4-6-8-13/h4-8,12,18H,9-11H2,1-3H3,(H,17,20)/t12-,16-/m1/s1. The van der Waals surface area contributed by atoms with E-state index in [1.165, 1.54) is 6.42 Å². The second-order valence-electron chi connectivity index (χ2n) is 7.15. The molecule has 1 heterocycles. The van der Waals surface area contributed by atoms with Crippen LogP contribution >= 0.6 is 12.2 Å². The van der Waals surface area contributed by atoms with Crippen LogP contribution in [0.15, 0.2) is 30.3 Å². The van der Waals surface area contributed by atoms with Gasteiger partial charge in [0.15, 0.2) is 5.11 Å². The van der Waals surface area contributed by atoms with Crippen molar-refractivity contribution in [1.29, 1.82) is 0 Å². The maximum absolute atomic E-state index is 5.54. The zero-order chi connectivity index (χ0) is 14.4. The van der Waals surface area contributed by atoms with E-state index in [4.69, 9.17) is 12.2 Å². The molecule has 1 saturated carbocycles. The third-order valence-electron chi connectivity index (χ3n) is 4.27. The molecule has 0 unspecified atom stereocenters. The van der Waals surface area contributed by atoms with Gasteiger partial charge in [-0.3, -0.25) is 5.01 Å². The van der Waals surface area contributed by atoms with Gasteiger partial charge in [-0.05, 0) is 54.9 Å². The summed E-state index contributed by atoms with van der Waals surface area (Å²) in [6.07, 6.45) is 3.48. The van der Waals surface area contributed by atoms with Gasteiger partial charge in [-0.25, -0.2) is 5.43 Å². The molecule has 2 fully saturated rings. The van der Waals surface area contributed by atoms with Gasteiger partial charge in [0.05, 0.1) is 5.69 Å². The summed E-state index contributed by atoms with van der Waals surface area (Å²) in [4.78, 5) is 0. The number of hydrogen-bond donors (Lipinski definition) is 2. The summed E-state index contributed by atoms with van der Waals surface area (Å²) in [7, 11) is 0. The maximum atomic E-state index is 5.54. The zero-order valence-electron chi connectivity index (χ0n) is 12.4. The summed E-state index contributed by atoms with van der Waals surface area (Å²) in [6.45, 7) is 7.03. The predicted molar refractivity (Wildman–Crippen MR) is 87.3 cm³/mol. The molecule has 3 nitrogen and oxygen atoms in total. The minimum absolute atomic E-state index is 0.0892. The summed E-state index contributed by atoms with van der Waals surface area (Å²) in [5, 5.41) is 6.35. The van der Waals surface area contributed by atoms with Gasteiger partial charge in [0, 0.05) is 0 Å². The average Bonchev–Trinajstić information content (AvgIpc) is 2.63. The van der Waals surface area contributed by atoms with E-state index in [2.05, 4.69) is 43.6 Å². The van der Waals surface area contributed by atoms with E-state index in [1.807, 2.05) is 23.2 Å². The number of nitrogens with zero attached hydrogens (tertiary/aromatic N) is 1. The largest absolute Gasteiger partial charge is 0.342 e. The summed E-state index contributed by atoms with van der Waals surface area (Å²) in [6, 6.07) is 10.3. The first-order chi connectivity index (χ1) is 9.39. The van der Waals surface area contributed by atoms with E-state index in [0.717, 1.165) is 23.6 Å². The topological polar surface area (TPSA) is 27.3 Å². The van der Waals surface area contributed by atoms with Crippen molar-refractivity contribution < 1.29 is 0 Å². The Balaban J connectivity index is 1.86. The lowest BCUT2D eigenvalue weighted by Crippen LogP contribution is -2.57. The second-order valence-corrected chi connectivity index (χ2v) is 7.54. The number of nitrogens with one attached hydrogen (secondary N) is 2. The summed E-state index contributed by atoms with van der Waals surface area (Å²) < 4.78 is 0. The van der Waals surface area contributed by atoms with Crippen molar-refractivity contribution in [3.05, 3.63) is 30.3 Å². The third-order valence-corrected chi connectivity index (χ3v) is 4.55. The highest BCUT2D eigenvalue weighted by Gasteiger charge is 2.48. The van der Waals surface area contributed by atoms with E-state index in [0.29, 0.717) is 11.3 Å². The maximum Gasteiger partial charge on any atom is 0.189 e. The van der Waals surface area contributed by atoms with Crippen LogP contribution in [0.4, 0.5) is 5.69 Å². The van der Waals surface area contributed by atoms with Crippen LogP contribution in [0.25, 0.3) is 0 Å². The van der Waals surface area contributed by atoms with Crippen LogP contribution < -0.4 is 15.8 Å². The van der Waals surface area contributed by atoms with E-state index in [9.17, 15) is 0 Å². The highest BCUT2D eigenvalue weighted by atomic mass is 32.1. The highest BCUT2D eigenvalue weighted by molar-refractivity contribution is 7.80. The number of hydrazine groups is 1. The minimum atomic E-state index is -0.0892. The average molecular weight is 289 g/mol. The number of thiocarbonyl (C=S) groups is 1. The van der Waals surface area contributed by atoms with Crippen LogP contribution in [0.2, 0.25) is 0 Å². The quantitative estimate of drug-likeness (QED) is 0.775. The number of rotatable bonds is 1. The van der Waals surface area contributed by atoms with Gasteiger partial charge >= 0.3 is 0 Å². The zero-order valence-corrected chi connectivity index (χ0v) is 13.3. The summed E-state index contributed by atoms with van der Waals surface area (Å²) in [5.74, 6) is 0.692. The van der Waals surface area contributed by atoms with Crippen molar-refractivity contribution in [3.8, 4) is 0 Å². The van der Waals surface area contributed by atoms with E-state index in [-0.39, 0.29) is 5.66 Å². The predicted octanol–water partition coefficient (Wildman–Crippen LogP) is 3.43. The molecule has 1 aliphatic heterocycles. The molecule has 2 aliphatic rings. The molecule has 1 aromatic rings. The van der Waals surface area contributed by atoms with Gasteiger partial charge in [0.2, 0.25) is 0 Å². The Kier molecular flexibility index (Phi) is 3.26. The van der Waals surface area contributed by atoms with Crippen molar-refractivity contribution in [2.45, 2.75) is 45.7 Å². The highest BCUT2D eigenvalue weighted by Crippen LogP contribution is 2.44. The van der Waals surface area contributed by atoms with Gasteiger partial charge in [-0.15, -0.1) is 0 Å². The molecule has 1 aliphatic carbocycles. The lowest BCUT2D eigenvalue weighted by atomic mass is 9.68. The third kappa shape index (κ3) is 2.54. The van der Waals surface area contributed by atoms with Crippen LogP contribution in [0, 0.1) is 11.3 Å². The molecule has 0 aromatic heterocycles. The lowest BCUT2D eigenvalue weighted by molar-refractivity contribution is 0.0828. The molecule has 0 bridgehead atoms. The number of para-hydroxylation sites is 1. The fourth-order valence-corrected chi connectivity index (χ4v) is 4.41. The molecule has 2 N–H and O–H groups in total. The van der Waals surface area contributed by atoms with Crippen LogP contribution in [0.3, 0.4) is 0 Å². The van der Waals surface area contributed by atoms with Crippen molar-refractivity contribution in [3.63, 3.8) is 0 Å². The molecule has 1 spiro atoms. The molecule has 0 radical (unpaired) electrons. The Morgan fingerprint density at radius 2 is 1.90 bits per heavy atom. The number of hydrogen-bond acceptors (Lipinski definition) is 2. The van der Waals surface area contributed by atoms with Crippen molar-refractivity contribution >= 4 is 23.0 Å². The molecular weight excluding hydrogens is 266 g/mol. The van der Waals surface area contributed by atoms with E-state index < -0.39 is 0 Å². The van der Waals surface area contributed by atoms with Crippen molar-refractivity contribution in [2.24, 2.45) is 11.3 Å². The lowest BCUT2D eigenvalue weighted by Gasteiger charge is -2.45. The Morgan fingerprint density at radius 1 is 1.20 bits per heavy atom. The molecule has 3 rings (SSSR count). The molecule has 2 atom stereocenters. The Hall–Kier alpha value is -1.13. The number of anilines is 1. The molecule has 0 amide bonds. The first kappa shape index (κ1) is 13.8. The first-order valence-electron chi connectivity index (χ1n) is 7.34.